The number of anilines is 2. The van der Waals surface area contributed by atoms with Crippen molar-refractivity contribution in [2.75, 3.05) is 30.3 Å². The van der Waals surface area contributed by atoms with Crippen molar-refractivity contribution in [3.05, 3.63) is 24.3 Å². The molecule has 1 fully saturated rings. The zero-order chi connectivity index (χ0) is 16.7. The van der Waals surface area contributed by atoms with Crippen LogP contribution in [0.1, 0.15) is 32.6 Å². The third kappa shape index (κ3) is 5.25. The summed E-state index contributed by atoms with van der Waals surface area (Å²) in [6, 6.07) is 7.08. The second-order valence-corrected chi connectivity index (χ2v) is 6.03. The van der Waals surface area contributed by atoms with Crippen LogP contribution in [-0.4, -0.2) is 36.5 Å². The van der Waals surface area contributed by atoms with Crippen LogP contribution in [0.15, 0.2) is 24.3 Å². The van der Waals surface area contributed by atoms with Gasteiger partial charge in [-0.05, 0) is 37.1 Å². The van der Waals surface area contributed by atoms with Crippen molar-refractivity contribution < 1.29 is 9.59 Å². The van der Waals surface area contributed by atoms with E-state index in [0.29, 0.717) is 12.2 Å². The van der Waals surface area contributed by atoms with Gasteiger partial charge in [-0.15, -0.1) is 0 Å². The van der Waals surface area contributed by atoms with Gasteiger partial charge in [-0.1, -0.05) is 19.8 Å². The Morgan fingerprint density at radius 2 is 1.57 bits per heavy atom. The van der Waals surface area contributed by atoms with Crippen molar-refractivity contribution in [1.82, 2.24) is 4.90 Å². The smallest absolute Gasteiger partial charge is 0.321 e. The Morgan fingerprint density at radius 1 is 1.04 bits per heavy atom. The van der Waals surface area contributed by atoms with E-state index in [1.54, 1.807) is 31.2 Å². The van der Waals surface area contributed by atoms with Crippen molar-refractivity contribution in [3.8, 4) is 0 Å². The lowest BCUT2D eigenvalue weighted by Gasteiger charge is -2.20. The Kier molecular flexibility index (Phi) is 6.40. The first-order valence-electron chi connectivity index (χ1n) is 8.27. The maximum Gasteiger partial charge on any atom is 0.321 e. The van der Waals surface area contributed by atoms with E-state index in [1.165, 1.54) is 12.8 Å². The van der Waals surface area contributed by atoms with Crippen LogP contribution in [0.5, 0.6) is 0 Å². The molecule has 0 saturated carbocycles. The molecular weight excluding hydrogens is 292 g/mol. The van der Waals surface area contributed by atoms with E-state index in [9.17, 15) is 9.59 Å². The Hall–Kier alpha value is -2.08. The second-order valence-electron chi connectivity index (χ2n) is 6.03. The summed E-state index contributed by atoms with van der Waals surface area (Å²) in [6.07, 6.45) is 4.52. The van der Waals surface area contributed by atoms with Crippen LogP contribution in [-0.2, 0) is 4.79 Å². The summed E-state index contributed by atoms with van der Waals surface area (Å²) in [6.45, 7) is 3.73. The third-order valence-electron chi connectivity index (χ3n) is 4.10. The van der Waals surface area contributed by atoms with Gasteiger partial charge in [-0.3, -0.25) is 4.79 Å². The lowest BCUT2D eigenvalue weighted by molar-refractivity contribution is -0.119. The first kappa shape index (κ1) is 17.3. The highest BCUT2D eigenvalue weighted by Crippen LogP contribution is 2.16. The summed E-state index contributed by atoms with van der Waals surface area (Å²) in [5.41, 5.74) is 6.90. The predicted octanol–water partition coefficient (Wildman–Crippen LogP) is 2.63. The number of nitrogens with one attached hydrogen (secondary N) is 2. The molecule has 6 nitrogen and oxygen atoms in total. The highest BCUT2D eigenvalue weighted by atomic mass is 16.2. The van der Waals surface area contributed by atoms with E-state index in [4.69, 9.17) is 5.73 Å². The van der Waals surface area contributed by atoms with Crippen molar-refractivity contribution in [2.24, 2.45) is 11.7 Å². The molecule has 3 amide bonds. The molecule has 1 aliphatic heterocycles. The highest BCUT2D eigenvalue weighted by Gasteiger charge is 2.15. The normalized spacial score (nSPS) is 16.3. The highest BCUT2D eigenvalue weighted by molar-refractivity contribution is 5.93. The minimum atomic E-state index is -0.225. The molecule has 1 heterocycles. The molecule has 0 bridgehead atoms. The van der Waals surface area contributed by atoms with E-state index in [-0.39, 0.29) is 17.9 Å². The summed E-state index contributed by atoms with van der Waals surface area (Å²) in [5.74, 6) is -0.328. The summed E-state index contributed by atoms with van der Waals surface area (Å²) in [5, 5.41) is 5.71. The van der Waals surface area contributed by atoms with Gasteiger partial charge in [0.1, 0.15) is 0 Å². The van der Waals surface area contributed by atoms with Gasteiger partial charge in [0.05, 0.1) is 0 Å². The molecule has 1 aromatic rings. The van der Waals surface area contributed by atoms with E-state index < -0.39 is 0 Å². The fourth-order valence-corrected chi connectivity index (χ4v) is 2.49. The fraction of sp³-hybridized carbons (Fsp3) is 0.529. The number of hydrogen-bond acceptors (Lipinski definition) is 3. The minimum Gasteiger partial charge on any atom is -0.330 e. The lowest BCUT2D eigenvalue weighted by Crippen LogP contribution is -2.35. The number of carbonyl (C=O) groups excluding carboxylic acids is 2. The lowest BCUT2D eigenvalue weighted by atomic mass is 10.1. The Labute approximate surface area is 137 Å². The van der Waals surface area contributed by atoms with Gasteiger partial charge in [0, 0.05) is 36.9 Å². The monoisotopic (exact) mass is 318 g/mol. The van der Waals surface area contributed by atoms with Crippen LogP contribution in [0, 0.1) is 5.92 Å². The number of nitrogens with two attached hydrogens (primary N) is 1. The Bertz CT molecular complexity index is 522. The molecule has 1 atom stereocenters. The standard InChI is InChI=1S/C17H26N4O2/c1-13(12-18)16(22)19-14-6-8-15(9-7-14)20-17(23)21-10-4-2-3-5-11-21/h6-9,13H,2-5,10-12,18H2,1H3,(H,19,22)(H,20,23). The van der Waals surface area contributed by atoms with Crippen LogP contribution in [0.25, 0.3) is 0 Å². The molecule has 1 saturated heterocycles. The van der Waals surface area contributed by atoms with Gasteiger partial charge in [-0.25, -0.2) is 4.79 Å². The topological polar surface area (TPSA) is 87.5 Å². The second kappa shape index (κ2) is 8.53. The molecule has 1 aromatic carbocycles. The number of benzene rings is 1. The fourth-order valence-electron chi connectivity index (χ4n) is 2.49. The number of rotatable bonds is 4. The Morgan fingerprint density at radius 3 is 2.09 bits per heavy atom. The van der Waals surface area contributed by atoms with Crippen LogP contribution in [0.4, 0.5) is 16.2 Å². The van der Waals surface area contributed by atoms with Crippen molar-refractivity contribution in [3.63, 3.8) is 0 Å². The molecule has 0 aliphatic carbocycles. The summed E-state index contributed by atoms with van der Waals surface area (Å²) < 4.78 is 0. The van der Waals surface area contributed by atoms with E-state index in [1.807, 2.05) is 4.90 Å². The predicted molar refractivity (Wildman–Crippen MR) is 92.3 cm³/mol. The zero-order valence-corrected chi connectivity index (χ0v) is 13.7. The molecule has 0 aromatic heterocycles. The molecule has 6 heteroatoms. The van der Waals surface area contributed by atoms with Crippen LogP contribution < -0.4 is 16.4 Å². The number of nitrogens with zero attached hydrogens (tertiary/aromatic N) is 1. The average molecular weight is 318 g/mol. The molecule has 0 spiro atoms. The zero-order valence-electron chi connectivity index (χ0n) is 13.7. The van der Waals surface area contributed by atoms with Crippen LogP contribution in [0.2, 0.25) is 0 Å². The quantitative estimate of drug-likeness (QED) is 0.797. The Balaban J connectivity index is 1.89. The minimum absolute atomic E-state index is 0.0551. The number of urea groups is 1. The summed E-state index contributed by atoms with van der Waals surface area (Å²) in [4.78, 5) is 25.9. The molecule has 4 N–H and O–H groups in total. The molecule has 23 heavy (non-hydrogen) atoms. The van der Waals surface area contributed by atoms with E-state index in [2.05, 4.69) is 10.6 Å². The van der Waals surface area contributed by atoms with Crippen LogP contribution >= 0.6 is 0 Å². The molecular formula is C17H26N4O2. The molecule has 1 aliphatic rings. The number of likely N-dealkylation sites (tertiary alicyclic amines) is 1. The molecule has 126 valence electrons. The van der Waals surface area contributed by atoms with Crippen molar-refractivity contribution >= 4 is 23.3 Å². The number of hydrogen-bond donors (Lipinski definition) is 3. The van der Waals surface area contributed by atoms with Gasteiger partial charge in [0.25, 0.3) is 0 Å². The van der Waals surface area contributed by atoms with Gasteiger partial charge in [0.15, 0.2) is 0 Å². The van der Waals surface area contributed by atoms with Gasteiger partial charge in [-0.2, -0.15) is 0 Å². The van der Waals surface area contributed by atoms with E-state index in [0.717, 1.165) is 31.6 Å². The molecule has 0 radical (unpaired) electrons. The first-order valence-corrected chi connectivity index (χ1v) is 8.27. The van der Waals surface area contributed by atoms with Gasteiger partial charge >= 0.3 is 6.03 Å². The maximum absolute atomic E-state index is 12.2. The van der Waals surface area contributed by atoms with Gasteiger partial charge < -0.3 is 21.3 Å². The maximum atomic E-state index is 12.2. The number of amides is 3. The van der Waals surface area contributed by atoms with E-state index >= 15 is 0 Å². The molecule has 1 unspecified atom stereocenters. The largest absolute Gasteiger partial charge is 0.330 e. The molecule has 2 rings (SSSR count). The van der Waals surface area contributed by atoms with Gasteiger partial charge in [0.2, 0.25) is 5.91 Å². The third-order valence-corrected chi connectivity index (χ3v) is 4.10. The SMILES string of the molecule is CC(CN)C(=O)Nc1ccc(NC(=O)N2CCCCCC2)cc1. The van der Waals surface area contributed by atoms with Crippen molar-refractivity contribution in [1.29, 1.82) is 0 Å². The number of carbonyl (C=O) groups is 2. The average Bonchev–Trinajstić information content (AvgIpc) is 2.85. The first-order chi connectivity index (χ1) is 11.1. The summed E-state index contributed by atoms with van der Waals surface area (Å²) in [7, 11) is 0. The summed E-state index contributed by atoms with van der Waals surface area (Å²) >= 11 is 0. The van der Waals surface area contributed by atoms with Crippen molar-refractivity contribution in [2.45, 2.75) is 32.6 Å². The van der Waals surface area contributed by atoms with Crippen LogP contribution in [0.3, 0.4) is 0 Å².